The molecule has 0 spiro atoms. The number of halogens is 1. The van der Waals surface area contributed by atoms with Crippen molar-refractivity contribution < 1.29 is 23.8 Å². The number of aromatic nitrogens is 2. The lowest BCUT2D eigenvalue weighted by molar-refractivity contribution is -0.0582. The van der Waals surface area contributed by atoms with Crippen molar-refractivity contribution in [2.24, 2.45) is 0 Å². The van der Waals surface area contributed by atoms with Crippen LogP contribution < -0.4 is 11.2 Å². The number of nitrogens with one attached hydrogen (secondary N) is 1. The van der Waals surface area contributed by atoms with Gasteiger partial charge in [0, 0.05) is 12.6 Å². The van der Waals surface area contributed by atoms with Gasteiger partial charge in [-0.2, -0.15) is 0 Å². The fourth-order valence-electron chi connectivity index (χ4n) is 4.09. The fourth-order valence-corrected chi connectivity index (χ4v) is 4.37. The van der Waals surface area contributed by atoms with Crippen LogP contribution in [0.5, 0.6) is 0 Å². The van der Waals surface area contributed by atoms with E-state index in [2.05, 4.69) is 20.9 Å². The van der Waals surface area contributed by atoms with E-state index >= 15 is 0 Å². The van der Waals surface area contributed by atoms with Gasteiger partial charge in [-0.25, -0.2) is 14.4 Å². The monoisotopic (exact) mass is 568 g/mol. The largest absolute Gasteiger partial charge is 0.459 e. The molecule has 37 heavy (non-hydrogen) atoms. The number of H-pyrrole nitrogens is 1. The zero-order valence-electron chi connectivity index (χ0n) is 20.2. The summed E-state index contributed by atoms with van der Waals surface area (Å²) in [6.07, 6.45) is 0.416. The zero-order valence-corrected chi connectivity index (χ0v) is 21.8. The third-order valence-corrected chi connectivity index (χ3v) is 6.36. The zero-order chi connectivity index (χ0) is 26.5. The molecule has 0 amide bonds. The van der Waals surface area contributed by atoms with Gasteiger partial charge in [0.05, 0.1) is 16.7 Å². The van der Waals surface area contributed by atoms with Crippen LogP contribution in [-0.2, 0) is 14.2 Å². The molecule has 0 unspecified atom stereocenters. The number of ether oxygens (including phenoxy) is 3. The Balaban J connectivity index is 1.59. The third kappa shape index (κ3) is 5.98. The number of aryl methyl sites for hydroxylation is 2. The second-order valence-corrected chi connectivity index (χ2v) is 9.11. The number of carbonyl (C=O) groups excluding carboxylic acids is 2. The van der Waals surface area contributed by atoms with E-state index in [4.69, 9.17) is 14.2 Å². The number of esters is 2. The topological polar surface area (TPSA) is 117 Å². The number of hydrogen-bond acceptors (Lipinski definition) is 7. The first-order chi connectivity index (χ1) is 17.8. The summed E-state index contributed by atoms with van der Waals surface area (Å²) in [6, 6.07) is 14.0. The van der Waals surface area contributed by atoms with Crippen LogP contribution in [0, 0.1) is 13.8 Å². The Morgan fingerprint density at radius 1 is 1.05 bits per heavy atom. The molecule has 0 aliphatic carbocycles. The lowest BCUT2D eigenvalue weighted by atomic mass is 10.1. The highest BCUT2D eigenvalue weighted by molar-refractivity contribution is 9.11. The smallest absolute Gasteiger partial charge is 0.338 e. The molecule has 2 aromatic carbocycles. The molecular weight excluding hydrogens is 544 g/mol. The lowest BCUT2D eigenvalue weighted by Gasteiger charge is -2.19. The Morgan fingerprint density at radius 3 is 2.30 bits per heavy atom. The van der Waals surface area contributed by atoms with Crippen molar-refractivity contribution in [3.63, 3.8) is 0 Å². The quantitative estimate of drug-likeness (QED) is 0.429. The molecule has 0 bridgehead atoms. The molecule has 1 aliphatic heterocycles. The van der Waals surface area contributed by atoms with Gasteiger partial charge in [-0.1, -0.05) is 52.3 Å². The Hall–Kier alpha value is -3.76. The molecule has 4 rings (SSSR count). The Morgan fingerprint density at radius 2 is 1.68 bits per heavy atom. The minimum Gasteiger partial charge on any atom is -0.459 e. The van der Waals surface area contributed by atoms with Crippen LogP contribution in [0.1, 0.15) is 50.1 Å². The van der Waals surface area contributed by atoms with Gasteiger partial charge >= 0.3 is 17.6 Å². The SMILES string of the molecule is Cc1ccccc1C(=O)OC[C@H]1O[C@@H](n2cc(/C=C/Br)c(=O)[nH]c2=O)C[C@@H]1OC(=O)c1ccccc1C. The molecule has 10 heteroatoms. The average Bonchev–Trinajstić information content (AvgIpc) is 3.26. The van der Waals surface area contributed by atoms with E-state index in [1.165, 1.54) is 21.8 Å². The van der Waals surface area contributed by atoms with Gasteiger partial charge in [-0.3, -0.25) is 14.3 Å². The molecule has 0 radical (unpaired) electrons. The van der Waals surface area contributed by atoms with Gasteiger partial charge in [-0.15, -0.1) is 0 Å². The van der Waals surface area contributed by atoms with Gasteiger partial charge in [0.15, 0.2) is 0 Å². The van der Waals surface area contributed by atoms with E-state index in [0.29, 0.717) is 11.1 Å². The lowest BCUT2D eigenvalue weighted by Crippen LogP contribution is -2.33. The fraction of sp³-hybridized carbons (Fsp3) is 0.259. The first-order valence-electron chi connectivity index (χ1n) is 11.6. The van der Waals surface area contributed by atoms with Crippen LogP contribution in [0.3, 0.4) is 0 Å². The molecule has 1 aliphatic rings. The summed E-state index contributed by atoms with van der Waals surface area (Å²) in [7, 11) is 0. The van der Waals surface area contributed by atoms with Crippen molar-refractivity contribution in [1.29, 1.82) is 0 Å². The van der Waals surface area contributed by atoms with Crippen molar-refractivity contribution in [3.8, 4) is 0 Å². The molecule has 9 nitrogen and oxygen atoms in total. The number of rotatable bonds is 7. The summed E-state index contributed by atoms with van der Waals surface area (Å²) in [4.78, 5) is 54.0. The van der Waals surface area contributed by atoms with Crippen LogP contribution >= 0.6 is 15.9 Å². The predicted octanol–water partition coefficient (Wildman–Crippen LogP) is 3.89. The van der Waals surface area contributed by atoms with Crippen molar-refractivity contribution in [2.45, 2.75) is 38.7 Å². The molecule has 1 fully saturated rings. The highest BCUT2D eigenvalue weighted by Gasteiger charge is 2.40. The molecule has 1 saturated heterocycles. The summed E-state index contributed by atoms with van der Waals surface area (Å²) >= 11 is 3.12. The average molecular weight is 569 g/mol. The number of benzene rings is 2. The van der Waals surface area contributed by atoms with Crippen molar-refractivity contribution in [2.75, 3.05) is 6.61 Å². The van der Waals surface area contributed by atoms with E-state index in [0.717, 1.165) is 11.1 Å². The highest BCUT2D eigenvalue weighted by atomic mass is 79.9. The third-order valence-electron chi connectivity index (χ3n) is 6.10. The summed E-state index contributed by atoms with van der Waals surface area (Å²) in [5.74, 6) is -1.10. The molecule has 3 atom stereocenters. The summed E-state index contributed by atoms with van der Waals surface area (Å²) < 4.78 is 18.6. The first kappa shape index (κ1) is 26.3. The van der Waals surface area contributed by atoms with E-state index in [1.54, 1.807) is 50.2 Å². The predicted molar refractivity (Wildman–Crippen MR) is 140 cm³/mol. The number of aromatic amines is 1. The summed E-state index contributed by atoms with van der Waals surface area (Å²) in [5, 5.41) is 0. The molecule has 192 valence electrons. The van der Waals surface area contributed by atoms with Crippen LogP contribution in [-0.4, -0.2) is 40.3 Å². The summed E-state index contributed by atoms with van der Waals surface area (Å²) in [6.45, 7) is 3.39. The van der Waals surface area contributed by atoms with Gasteiger partial charge in [0.1, 0.15) is 25.0 Å². The van der Waals surface area contributed by atoms with Gasteiger partial charge in [0.25, 0.3) is 5.56 Å². The molecule has 1 aromatic heterocycles. The second-order valence-electron chi connectivity index (χ2n) is 8.58. The number of hydrogen-bond donors (Lipinski definition) is 1. The first-order valence-corrected chi connectivity index (χ1v) is 12.5. The van der Waals surface area contributed by atoms with Crippen LogP contribution in [0.4, 0.5) is 0 Å². The van der Waals surface area contributed by atoms with E-state index in [-0.39, 0.29) is 18.6 Å². The summed E-state index contributed by atoms with van der Waals surface area (Å²) in [5.41, 5.74) is 1.30. The van der Waals surface area contributed by atoms with Gasteiger partial charge in [-0.05, 0) is 48.2 Å². The Labute approximate surface area is 220 Å². The van der Waals surface area contributed by atoms with E-state index in [9.17, 15) is 19.2 Å². The van der Waals surface area contributed by atoms with Crippen molar-refractivity contribution in [1.82, 2.24) is 9.55 Å². The Bertz CT molecular complexity index is 1460. The molecule has 0 saturated carbocycles. The number of nitrogens with zero attached hydrogens (tertiary/aromatic N) is 1. The van der Waals surface area contributed by atoms with Gasteiger partial charge in [0.2, 0.25) is 0 Å². The van der Waals surface area contributed by atoms with Crippen molar-refractivity contribution in [3.05, 3.63) is 108 Å². The maximum absolute atomic E-state index is 12.9. The number of carbonyl (C=O) groups is 2. The molecule has 3 aromatic rings. The highest BCUT2D eigenvalue weighted by Crippen LogP contribution is 2.31. The molecule has 1 N–H and O–H groups in total. The normalized spacial score (nSPS) is 19.2. The van der Waals surface area contributed by atoms with Gasteiger partial charge < -0.3 is 14.2 Å². The van der Waals surface area contributed by atoms with Crippen LogP contribution in [0.15, 0.2) is 69.3 Å². The molecular formula is C27H25BrN2O7. The van der Waals surface area contributed by atoms with Crippen molar-refractivity contribution >= 4 is 33.9 Å². The minimum absolute atomic E-state index is 0.105. The molecule has 2 heterocycles. The van der Waals surface area contributed by atoms with Crippen LogP contribution in [0.2, 0.25) is 0 Å². The maximum atomic E-state index is 12.9. The van der Waals surface area contributed by atoms with Crippen LogP contribution in [0.25, 0.3) is 6.08 Å². The standard InChI is InChI=1S/C27H25BrN2O7/c1-16-7-3-5-9-19(16)25(32)35-15-22-21(37-26(33)20-10-6-4-8-17(20)2)13-23(36-22)30-14-18(11-12-28)24(31)29-27(30)34/h3-12,14,21-23H,13,15H2,1-2H3,(H,29,31,34)/b12-11+/t21-,22+,23+/m0/s1. The van der Waals surface area contributed by atoms with E-state index in [1.807, 2.05) is 12.1 Å². The van der Waals surface area contributed by atoms with E-state index < -0.39 is 41.6 Å². The second kappa shape index (κ2) is 11.5. The minimum atomic E-state index is -0.872. The Kier molecular flexibility index (Phi) is 8.20. The maximum Gasteiger partial charge on any atom is 0.338 e.